The van der Waals surface area contributed by atoms with E-state index >= 15 is 0 Å². The van der Waals surface area contributed by atoms with Crippen molar-refractivity contribution >= 4 is 33.2 Å². The lowest BCUT2D eigenvalue weighted by Gasteiger charge is -2.09. The Kier molecular flexibility index (Phi) is 4.16. The Balaban J connectivity index is 2.18. The molecule has 0 aliphatic carbocycles. The van der Waals surface area contributed by atoms with Gasteiger partial charge in [-0.05, 0) is 36.8 Å². The molecule has 0 unspecified atom stereocenters. The van der Waals surface area contributed by atoms with Gasteiger partial charge in [-0.3, -0.25) is 4.79 Å². The Morgan fingerprint density at radius 2 is 2.05 bits per heavy atom. The molecule has 0 fully saturated rings. The Bertz CT molecular complexity index is 596. The molecule has 1 heterocycles. The number of halogens is 1. The van der Waals surface area contributed by atoms with Crippen LogP contribution in [0.5, 0.6) is 0 Å². The predicted octanol–water partition coefficient (Wildman–Crippen LogP) is 3.45. The van der Waals surface area contributed by atoms with Gasteiger partial charge in [-0.2, -0.15) is 0 Å². The van der Waals surface area contributed by atoms with Gasteiger partial charge in [-0.25, -0.2) is 4.98 Å². The average molecular weight is 320 g/mol. The number of amides is 1. The van der Waals surface area contributed by atoms with Crippen LogP contribution >= 0.6 is 15.9 Å². The predicted molar refractivity (Wildman–Crippen MR) is 80.6 cm³/mol. The molecule has 2 aromatic rings. The Hall–Kier alpha value is -1.88. The van der Waals surface area contributed by atoms with Gasteiger partial charge in [0.2, 0.25) is 0 Å². The van der Waals surface area contributed by atoms with Gasteiger partial charge in [0.15, 0.2) is 0 Å². The molecule has 2 N–H and O–H groups in total. The molecule has 0 spiro atoms. The van der Waals surface area contributed by atoms with Crippen LogP contribution in [0.2, 0.25) is 0 Å². The standard InChI is InChI=1S/C14H14BrN3O/c1-9-11(15)4-3-5-12(9)18-14(19)13-7-6-10(16-2)8-17-13/h3-8,16H,1-2H3,(H,18,19). The summed E-state index contributed by atoms with van der Waals surface area (Å²) in [5.74, 6) is -0.219. The van der Waals surface area contributed by atoms with Crippen LogP contribution in [0.4, 0.5) is 11.4 Å². The molecule has 1 aromatic heterocycles. The van der Waals surface area contributed by atoms with E-state index in [0.717, 1.165) is 21.4 Å². The molecule has 98 valence electrons. The zero-order chi connectivity index (χ0) is 13.8. The zero-order valence-corrected chi connectivity index (χ0v) is 12.3. The normalized spacial score (nSPS) is 10.1. The number of benzene rings is 1. The molecular formula is C14H14BrN3O. The van der Waals surface area contributed by atoms with E-state index in [0.29, 0.717) is 5.69 Å². The number of carbonyl (C=O) groups is 1. The van der Waals surface area contributed by atoms with Crippen LogP contribution in [0.15, 0.2) is 41.0 Å². The molecule has 0 aliphatic rings. The van der Waals surface area contributed by atoms with Crippen molar-refractivity contribution in [3.63, 3.8) is 0 Å². The van der Waals surface area contributed by atoms with Crippen LogP contribution in [-0.2, 0) is 0 Å². The second-order valence-electron chi connectivity index (χ2n) is 4.05. The summed E-state index contributed by atoms with van der Waals surface area (Å²) >= 11 is 3.44. The highest BCUT2D eigenvalue weighted by atomic mass is 79.9. The molecule has 0 aliphatic heterocycles. The fraction of sp³-hybridized carbons (Fsp3) is 0.143. The smallest absolute Gasteiger partial charge is 0.274 e. The lowest BCUT2D eigenvalue weighted by Crippen LogP contribution is -2.14. The van der Waals surface area contributed by atoms with Crippen LogP contribution < -0.4 is 10.6 Å². The first kappa shape index (κ1) is 13.5. The molecule has 4 nitrogen and oxygen atoms in total. The van der Waals surface area contributed by atoms with Crippen LogP contribution in [0.1, 0.15) is 16.1 Å². The van der Waals surface area contributed by atoms with E-state index in [9.17, 15) is 4.79 Å². The number of carbonyl (C=O) groups excluding carboxylic acids is 1. The lowest BCUT2D eigenvalue weighted by atomic mass is 10.2. The number of rotatable bonds is 3. The SMILES string of the molecule is CNc1ccc(C(=O)Nc2cccc(Br)c2C)nc1. The maximum absolute atomic E-state index is 12.1. The maximum Gasteiger partial charge on any atom is 0.274 e. The first-order valence-corrected chi connectivity index (χ1v) is 6.61. The number of nitrogens with one attached hydrogen (secondary N) is 2. The topological polar surface area (TPSA) is 54.0 Å². The van der Waals surface area contributed by atoms with Crippen molar-refractivity contribution in [3.8, 4) is 0 Å². The zero-order valence-electron chi connectivity index (χ0n) is 10.7. The van der Waals surface area contributed by atoms with Crippen molar-refractivity contribution in [3.05, 3.63) is 52.3 Å². The summed E-state index contributed by atoms with van der Waals surface area (Å²) in [5.41, 5.74) is 3.02. The first-order chi connectivity index (χ1) is 9.11. The van der Waals surface area contributed by atoms with E-state index in [1.165, 1.54) is 0 Å². The summed E-state index contributed by atoms with van der Waals surface area (Å²) in [6.07, 6.45) is 1.63. The fourth-order valence-electron chi connectivity index (χ4n) is 1.61. The van der Waals surface area contributed by atoms with E-state index in [2.05, 4.69) is 31.5 Å². The molecule has 0 saturated heterocycles. The van der Waals surface area contributed by atoms with Crippen molar-refractivity contribution in [1.82, 2.24) is 4.98 Å². The molecule has 1 amide bonds. The minimum Gasteiger partial charge on any atom is -0.387 e. The lowest BCUT2D eigenvalue weighted by molar-refractivity contribution is 0.102. The van der Waals surface area contributed by atoms with Gasteiger partial charge in [0.1, 0.15) is 5.69 Å². The highest BCUT2D eigenvalue weighted by Crippen LogP contribution is 2.23. The molecule has 5 heteroatoms. The van der Waals surface area contributed by atoms with Crippen LogP contribution in [0.25, 0.3) is 0 Å². The van der Waals surface area contributed by atoms with E-state index in [4.69, 9.17) is 0 Å². The monoisotopic (exact) mass is 319 g/mol. The van der Waals surface area contributed by atoms with Gasteiger partial charge < -0.3 is 10.6 Å². The van der Waals surface area contributed by atoms with Gasteiger partial charge in [-0.15, -0.1) is 0 Å². The van der Waals surface area contributed by atoms with Gasteiger partial charge in [-0.1, -0.05) is 22.0 Å². The third-order valence-corrected chi connectivity index (χ3v) is 3.66. The number of nitrogens with zero attached hydrogens (tertiary/aromatic N) is 1. The number of hydrogen-bond acceptors (Lipinski definition) is 3. The molecule has 0 saturated carbocycles. The number of hydrogen-bond donors (Lipinski definition) is 2. The van der Waals surface area contributed by atoms with Crippen LogP contribution in [-0.4, -0.2) is 17.9 Å². The largest absolute Gasteiger partial charge is 0.387 e. The van der Waals surface area contributed by atoms with Gasteiger partial charge in [0.05, 0.1) is 11.9 Å². The quantitative estimate of drug-likeness (QED) is 0.911. The highest BCUT2D eigenvalue weighted by Gasteiger charge is 2.09. The van der Waals surface area contributed by atoms with Crippen LogP contribution in [0.3, 0.4) is 0 Å². The number of anilines is 2. The minimum absolute atomic E-state index is 0.219. The molecule has 2 rings (SSSR count). The third-order valence-electron chi connectivity index (χ3n) is 2.80. The number of aromatic nitrogens is 1. The Labute approximate surface area is 120 Å². The maximum atomic E-state index is 12.1. The van der Waals surface area contributed by atoms with Crippen LogP contribution in [0, 0.1) is 6.92 Å². The summed E-state index contributed by atoms with van der Waals surface area (Å²) in [4.78, 5) is 16.2. The van der Waals surface area contributed by atoms with Gasteiger partial charge in [0, 0.05) is 17.2 Å². The number of pyridine rings is 1. The van der Waals surface area contributed by atoms with Crippen molar-refractivity contribution in [2.75, 3.05) is 17.7 Å². The summed E-state index contributed by atoms with van der Waals surface area (Å²) in [7, 11) is 1.81. The average Bonchev–Trinajstić information content (AvgIpc) is 2.44. The molecule has 0 atom stereocenters. The fourth-order valence-corrected chi connectivity index (χ4v) is 1.97. The minimum atomic E-state index is -0.219. The van der Waals surface area contributed by atoms with E-state index < -0.39 is 0 Å². The van der Waals surface area contributed by atoms with Gasteiger partial charge >= 0.3 is 0 Å². The van der Waals surface area contributed by atoms with E-state index in [1.807, 2.05) is 38.2 Å². The summed E-state index contributed by atoms with van der Waals surface area (Å²) in [6.45, 7) is 1.94. The molecular weight excluding hydrogens is 306 g/mol. The van der Waals surface area contributed by atoms with Crippen molar-refractivity contribution in [1.29, 1.82) is 0 Å². The second-order valence-corrected chi connectivity index (χ2v) is 4.90. The molecule has 1 aromatic carbocycles. The van der Waals surface area contributed by atoms with Crippen molar-refractivity contribution < 1.29 is 4.79 Å². The Morgan fingerprint density at radius 1 is 1.26 bits per heavy atom. The molecule has 0 bridgehead atoms. The van der Waals surface area contributed by atoms with E-state index in [1.54, 1.807) is 12.3 Å². The highest BCUT2D eigenvalue weighted by molar-refractivity contribution is 9.10. The summed E-state index contributed by atoms with van der Waals surface area (Å²) in [5, 5.41) is 5.81. The van der Waals surface area contributed by atoms with Crippen molar-refractivity contribution in [2.45, 2.75) is 6.92 Å². The summed E-state index contributed by atoms with van der Waals surface area (Å²) in [6, 6.07) is 9.18. The molecule has 0 radical (unpaired) electrons. The third kappa shape index (κ3) is 3.12. The first-order valence-electron chi connectivity index (χ1n) is 5.82. The molecule has 19 heavy (non-hydrogen) atoms. The van der Waals surface area contributed by atoms with Gasteiger partial charge in [0.25, 0.3) is 5.91 Å². The summed E-state index contributed by atoms with van der Waals surface area (Å²) < 4.78 is 0.962. The Morgan fingerprint density at radius 3 is 2.68 bits per heavy atom. The van der Waals surface area contributed by atoms with Crippen molar-refractivity contribution in [2.24, 2.45) is 0 Å². The second kappa shape index (κ2) is 5.84. The van der Waals surface area contributed by atoms with E-state index in [-0.39, 0.29) is 5.91 Å².